The number of nitrogens with zero attached hydrogens (tertiary/aromatic N) is 1. The van der Waals surface area contributed by atoms with E-state index >= 15 is 0 Å². The molecular weight excluding hydrogens is 305 g/mol. The van der Waals surface area contributed by atoms with E-state index in [-0.39, 0.29) is 35.2 Å². The van der Waals surface area contributed by atoms with Gasteiger partial charge in [-0.15, -0.1) is 0 Å². The lowest BCUT2D eigenvalue weighted by atomic mass is 10.1. The molecule has 0 heterocycles. The average Bonchev–Trinajstić information content (AvgIpc) is 2.48. The van der Waals surface area contributed by atoms with E-state index in [4.69, 9.17) is 9.99 Å². The number of ether oxygens (including phenoxy) is 1. The Kier molecular flexibility index (Phi) is 6.54. The molecule has 22 heavy (non-hydrogen) atoms. The predicted octanol–water partition coefficient (Wildman–Crippen LogP) is 1.76. The Morgan fingerprint density at radius 1 is 1.18 bits per heavy atom. The van der Waals surface area contributed by atoms with E-state index < -0.39 is 10.9 Å². The summed E-state index contributed by atoms with van der Waals surface area (Å²) in [5, 5.41) is 19.2. The standard InChI is InChI=1S/C14H11NO6.Al.3H/c16-14(21-19)9-10-6-7-12(15(17)18)13(8-10)20-11-4-2-1-3-5-11;;;;/h1-8,19H,9H2;;;;. The van der Waals surface area contributed by atoms with Crippen LogP contribution in [0.1, 0.15) is 5.56 Å². The molecule has 0 fully saturated rings. The van der Waals surface area contributed by atoms with Crippen molar-refractivity contribution in [3.8, 4) is 11.5 Å². The maximum Gasteiger partial charge on any atom is 0.346 e. The molecule has 0 aliphatic rings. The number of rotatable bonds is 5. The smallest absolute Gasteiger partial charge is 0.346 e. The van der Waals surface area contributed by atoms with Crippen molar-refractivity contribution in [1.29, 1.82) is 0 Å². The highest BCUT2D eigenvalue weighted by atomic mass is 27.0. The van der Waals surface area contributed by atoms with Gasteiger partial charge in [-0.2, -0.15) is 5.26 Å². The summed E-state index contributed by atoms with van der Waals surface area (Å²) in [4.78, 5) is 25.0. The van der Waals surface area contributed by atoms with Crippen LogP contribution in [0.15, 0.2) is 48.5 Å². The third-order valence-corrected chi connectivity index (χ3v) is 2.64. The van der Waals surface area contributed by atoms with E-state index in [2.05, 4.69) is 4.89 Å². The molecule has 0 saturated heterocycles. The van der Waals surface area contributed by atoms with Crippen LogP contribution in [0.4, 0.5) is 5.69 Å². The van der Waals surface area contributed by atoms with Gasteiger partial charge in [-0.25, -0.2) is 4.79 Å². The molecule has 0 atom stereocenters. The highest BCUT2D eigenvalue weighted by Gasteiger charge is 2.17. The van der Waals surface area contributed by atoms with Crippen molar-refractivity contribution in [2.45, 2.75) is 6.42 Å². The van der Waals surface area contributed by atoms with Crippen molar-refractivity contribution in [3.63, 3.8) is 0 Å². The van der Waals surface area contributed by atoms with E-state index in [0.29, 0.717) is 11.3 Å². The second-order valence-electron chi connectivity index (χ2n) is 4.11. The van der Waals surface area contributed by atoms with Gasteiger partial charge in [-0.3, -0.25) is 10.1 Å². The Morgan fingerprint density at radius 2 is 1.86 bits per heavy atom. The number of nitro groups is 1. The zero-order valence-electron chi connectivity index (χ0n) is 10.8. The van der Waals surface area contributed by atoms with E-state index in [1.54, 1.807) is 30.3 Å². The molecule has 2 aromatic rings. The molecular formula is C14H14AlNO6. The van der Waals surface area contributed by atoms with Crippen molar-refractivity contribution < 1.29 is 24.6 Å². The average molecular weight is 319 g/mol. The fraction of sp³-hybridized carbons (Fsp3) is 0.0714. The lowest BCUT2D eigenvalue weighted by molar-refractivity contribution is -0.385. The van der Waals surface area contributed by atoms with Crippen LogP contribution in [-0.4, -0.2) is 33.5 Å². The number of benzene rings is 2. The zero-order valence-corrected chi connectivity index (χ0v) is 10.8. The van der Waals surface area contributed by atoms with Crippen LogP contribution >= 0.6 is 0 Å². The SMILES string of the molecule is O=C(Cc1ccc([N+](=O)[O-])c(Oc2ccccc2)c1)OO.[AlH3]. The summed E-state index contributed by atoms with van der Waals surface area (Å²) in [5.41, 5.74) is 0.200. The minimum absolute atomic E-state index is 0. The Bertz CT molecular complexity index is 662. The molecule has 0 aromatic heterocycles. The van der Waals surface area contributed by atoms with Gasteiger partial charge in [-0.05, 0) is 23.8 Å². The molecule has 8 heteroatoms. The molecule has 2 rings (SSSR count). The molecule has 0 unspecified atom stereocenters. The topological polar surface area (TPSA) is 98.9 Å². The summed E-state index contributed by atoms with van der Waals surface area (Å²) in [5.74, 6) is -0.425. The van der Waals surface area contributed by atoms with Crippen LogP contribution in [0.5, 0.6) is 11.5 Å². The van der Waals surface area contributed by atoms with Gasteiger partial charge in [0.1, 0.15) is 5.75 Å². The maximum atomic E-state index is 11.0. The van der Waals surface area contributed by atoms with Crippen molar-refractivity contribution >= 4 is 29.0 Å². The van der Waals surface area contributed by atoms with Crippen molar-refractivity contribution in [2.24, 2.45) is 0 Å². The summed E-state index contributed by atoms with van der Waals surface area (Å²) in [7, 11) is 0. The van der Waals surface area contributed by atoms with E-state index in [1.807, 2.05) is 0 Å². The lowest BCUT2D eigenvalue weighted by Gasteiger charge is -2.07. The summed E-state index contributed by atoms with van der Waals surface area (Å²) >= 11 is 0. The quantitative estimate of drug-likeness (QED) is 0.390. The van der Waals surface area contributed by atoms with Crippen molar-refractivity contribution in [3.05, 3.63) is 64.2 Å². The largest absolute Gasteiger partial charge is 0.450 e. The number of carbonyl (C=O) groups is 1. The van der Waals surface area contributed by atoms with Gasteiger partial charge < -0.3 is 9.62 Å². The third-order valence-electron chi connectivity index (χ3n) is 2.64. The Labute approximate surface area is 136 Å². The van der Waals surface area contributed by atoms with E-state index in [0.717, 1.165) is 0 Å². The van der Waals surface area contributed by atoms with E-state index in [9.17, 15) is 14.9 Å². The first-order valence-corrected chi connectivity index (χ1v) is 5.94. The number of para-hydroxylation sites is 1. The first-order chi connectivity index (χ1) is 10.1. The second-order valence-corrected chi connectivity index (χ2v) is 4.11. The molecule has 0 bridgehead atoms. The van der Waals surface area contributed by atoms with Gasteiger partial charge in [0.15, 0.2) is 17.4 Å². The second kappa shape index (κ2) is 8.14. The molecule has 0 saturated carbocycles. The van der Waals surface area contributed by atoms with Gasteiger partial charge in [0.25, 0.3) is 0 Å². The molecule has 0 amide bonds. The number of nitro benzene ring substituents is 1. The first-order valence-electron chi connectivity index (χ1n) is 5.94. The highest BCUT2D eigenvalue weighted by molar-refractivity contribution is 5.75. The fourth-order valence-corrected chi connectivity index (χ4v) is 1.72. The van der Waals surface area contributed by atoms with Crippen LogP contribution in [0.3, 0.4) is 0 Å². The third kappa shape index (κ3) is 4.56. The lowest BCUT2D eigenvalue weighted by Crippen LogP contribution is -2.05. The minimum atomic E-state index is -0.866. The Hall–Kier alpha value is -2.40. The molecule has 7 nitrogen and oxygen atoms in total. The molecule has 0 aliphatic carbocycles. The number of hydrogen-bond acceptors (Lipinski definition) is 6. The van der Waals surface area contributed by atoms with E-state index in [1.165, 1.54) is 18.2 Å². The first kappa shape index (κ1) is 17.7. The normalized spacial score (nSPS) is 9.50. The zero-order chi connectivity index (χ0) is 15.2. The molecule has 0 radical (unpaired) electrons. The number of carbonyl (C=O) groups excluding carboxylic acids is 1. The van der Waals surface area contributed by atoms with Gasteiger partial charge in [0, 0.05) is 6.07 Å². The molecule has 114 valence electrons. The molecule has 0 spiro atoms. The van der Waals surface area contributed by atoms with Gasteiger partial charge in [0.05, 0.1) is 11.3 Å². The van der Waals surface area contributed by atoms with Gasteiger partial charge in [-0.1, -0.05) is 24.3 Å². The minimum Gasteiger partial charge on any atom is -0.450 e. The number of hydrogen-bond donors (Lipinski definition) is 1. The van der Waals surface area contributed by atoms with Crippen LogP contribution in [-0.2, 0) is 16.1 Å². The van der Waals surface area contributed by atoms with Crippen molar-refractivity contribution in [2.75, 3.05) is 0 Å². The Morgan fingerprint density at radius 3 is 2.45 bits per heavy atom. The fourth-order valence-electron chi connectivity index (χ4n) is 1.72. The summed E-state index contributed by atoms with van der Waals surface area (Å²) in [6.07, 6.45) is -0.223. The molecule has 1 N–H and O–H groups in total. The monoisotopic (exact) mass is 319 g/mol. The summed E-state index contributed by atoms with van der Waals surface area (Å²) < 4.78 is 5.47. The van der Waals surface area contributed by atoms with Crippen LogP contribution < -0.4 is 4.74 Å². The van der Waals surface area contributed by atoms with Crippen LogP contribution in [0, 0.1) is 10.1 Å². The van der Waals surface area contributed by atoms with Gasteiger partial charge >= 0.3 is 11.7 Å². The molecule has 0 aliphatic heterocycles. The predicted molar refractivity (Wildman–Crippen MR) is 82.0 cm³/mol. The van der Waals surface area contributed by atoms with Crippen LogP contribution in [0.2, 0.25) is 0 Å². The Balaban J connectivity index is 0.00000242. The van der Waals surface area contributed by atoms with Crippen LogP contribution in [0.25, 0.3) is 0 Å². The summed E-state index contributed by atoms with van der Waals surface area (Å²) in [6.45, 7) is 0. The van der Waals surface area contributed by atoms with Crippen molar-refractivity contribution in [1.82, 2.24) is 0 Å². The summed E-state index contributed by atoms with van der Waals surface area (Å²) in [6, 6.07) is 12.5. The maximum absolute atomic E-state index is 11.0. The highest BCUT2D eigenvalue weighted by Crippen LogP contribution is 2.32. The molecule has 2 aromatic carbocycles. The van der Waals surface area contributed by atoms with Gasteiger partial charge in [0.2, 0.25) is 5.75 Å².